The zero-order valence-electron chi connectivity index (χ0n) is 15.1. The molecule has 0 aliphatic heterocycles. The Morgan fingerprint density at radius 2 is 1.60 bits per heavy atom. The standard InChI is InChI=1S/C19H24N2O4/c1-21(13-14-7-9-20-10-8-14)18(22)6-5-15-11-16(23-2)19(25-4)17(12-15)24-3/h7-12H,5-6,13H2,1-4H3. The summed E-state index contributed by atoms with van der Waals surface area (Å²) in [6.07, 6.45) is 4.45. The molecule has 1 aromatic heterocycles. The van der Waals surface area contributed by atoms with E-state index in [2.05, 4.69) is 4.98 Å². The van der Waals surface area contributed by atoms with Gasteiger partial charge in [-0.2, -0.15) is 0 Å². The second-order valence-electron chi connectivity index (χ2n) is 5.64. The topological polar surface area (TPSA) is 60.9 Å². The second-order valence-corrected chi connectivity index (χ2v) is 5.64. The van der Waals surface area contributed by atoms with Crippen molar-refractivity contribution < 1.29 is 19.0 Å². The summed E-state index contributed by atoms with van der Waals surface area (Å²) in [7, 11) is 6.53. The van der Waals surface area contributed by atoms with Crippen molar-refractivity contribution in [2.24, 2.45) is 0 Å². The first-order valence-electron chi connectivity index (χ1n) is 8.00. The molecule has 0 N–H and O–H groups in total. The molecule has 0 atom stereocenters. The van der Waals surface area contributed by atoms with Gasteiger partial charge in [0.25, 0.3) is 0 Å². The minimum atomic E-state index is 0.0746. The maximum absolute atomic E-state index is 12.4. The van der Waals surface area contributed by atoms with Gasteiger partial charge in [0, 0.05) is 32.4 Å². The van der Waals surface area contributed by atoms with Crippen LogP contribution in [-0.2, 0) is 17.8 Å². The van der Waals surface area contributed by atoms with Crippen LogP contribution in [0.4, 0.5) is 0 Å². The summed E-state index contributed by atoms with van der Waals surface area (Å²) in [5.74, 6) is 1.81. The van der Waals surface area contributed by atoms with Crippen LogP contribution in [0.3, 0.4) is 0 Å². The Balaban J connectivity index is 2.01. The summed E-state index contributed by atoms with van der Waals surface area (Å²) in [6, 6.07) is 7.56. The molecule has 0 bridgehead atoms. The van der Waals surface area contributed by atoms with E-state index in [1.165, 1.54) is 0 Å². The van der Waals surface area contributed by atoms with Gasteiger partial charge >= 0.3 is 0 Å². The van der Waals surface area contributed by atoms with Gasteiger partial charge in [0.1, 0.15) is 0 Å². The fourth-order valence-electron chi connectivity index (χ4n) is 2.57. The molecule has 134 valence electrons. The molecule has 0 saturated carbocycles. The van der Waals surface area contributed by atoms with E-state index in [1.807, 2.05) is 24.3 Å². The number of ether oxygens (including phenoxy) is 3. The highest BCUT2D eigenvalue weighted by molar-refractivity contribution is 5.76. The summed E-state index contributed by atoms with van der Waals surface area (Å²) >= 11 is 0. The normalized spacial score (nSPS) is 10.2. The largest absolute Gasteiger partial charge is 0.493 e. The summed E-state index contributed by atoms with van der Waals surface area (Å²) < 4.78 is 16.0. The summed E-state index contributed by atoms with van der Waals surface area (Å²) in [5, 5.41) is 0. The van der Waals surface area contributed by atoms with Gasteiger partial charge in [-0.1, -0.05) is 0 Å². The van der Waals surface area contributed by atoms with Crippen molar-refractivity contribution in [2.75, 3.05) is 28.4 Å². The number of hydrogen-bond donors (Lipinski definition) is 0. The number of aromatic nitrogens is 1. The van der Waals surface area contributed by atoms with Gasteiger partial charge in [0.15, 0.2) is 11.5 Å². The first-order valence-corrected chi connectivity index (χ1v) is 8.00. The fourth-order valence-corrected chi connectivity index (χ4v) is 2.57. The van der Waals surface area contributed by atoms with E-state index in [1.54, 1.807) is 45.7 Å². The van der Waals surface area contributed by atoms with E-state index >= 15 is 0 Å². The zero-order valence-corrected chi connectivity index (χ0v) is 15.1. The van der Waals surface area contributed by atoms with Crippen LogP contribution in [0.25, 0.3) is 0 Å². The molecule has 0 saturated heterocycles. The molecule has 1 heterocycles. The minimum absolute atomic E-state index is 0.0746. The Morgan fingerprint density at radius 1 is 1.00 bits per heavy atom. The number of rotatable bonds is 8. The number of benzene rings is 1. The van der Waals surface area contributed by atoms with Crippen molar-refractivity contribution in [1.29, 1.82) is 0 Å². The molecule has 1 amide bonds. The molecule has 25 heavy (non-hydrogen) atoms. The first-order chi connectivity index (χ1) is 12.1. The average molecular weight is 344 g/mol. The molecule has 1 aromatic carbocycles. The van der Waals surface area contributed by atoms with Crippen LogP contribution >= 0.6 is 0 Å². The Kier molecular flexibility index (Phi) is 6.62. The van der Waals surface area contributed by atoms with Gasteiger partial charge in [-0.3, -0.25) is 9.78 Å². The van der Waals surface area contributed by atoms with Crippen molar-refractivity contribution in [3.63, 3.8) is 0 Å². The molecular weight excluding hydrogens is 320 g/mol. The molecule has 6 nitrogen and oxygen atoms in total. The molecule has 0 unspecified atom stereocenters. The third-order valence-corrected chi connectivity index (χ3v) is 3.95. The Bertz CT molecular complexity index is 679. The van der Waals surface area contributed by atoms with Gasteiger partial charge < -0.3 is 19.1 Å². The predicted octanol–water partition coefficient (Wildman–Crippen LogP) is 2.70. The third-order valence-electron chi connectivity index (χ3n) is 3.95. The van der Waals surface area contributed by atoms with E-state index in [0.717, 1.165) is 11.1 Å². The molecule has 0 radical (unpaired) electrons. The van der Waals surface area contributed by atoms with Crippen molar-refractivity contribution in [2.45, 2.75) is 19.4 Å². The van der Waals surface area contributed by atoms with E-state index < -0.39 is 0 Å². The highest BCUT2D eigenvalue weighted by Crippen LogP contribution is 2.38. The highest BCUT2D eigenvalue weighted by Gasteiger charge is 2.15. The van der Waals surface area contributed by atoms with Gasteiger partial charge in [-0.25, -0.2) is 0 Å². The van der Waals surface area contributed by atoms with Crippen LogP contribution in [0.1, 0.15) is 17.5 Å². The van der Waals surface area contributed by atoms with Crippen LogP contribution in [0, 0.1) is 0 Å². The quantitative estimate of drug-likeness (QED) is 0.737. The number of pyridine rings is 1. The van der Waals surface area contributed by atoms with Gasteiger partial charge in [-0.15, -0.1) is 0 Å². The SMILES string of the molecule is COc1cc(CCC(=O)N(C)Cc2ccncc2)cc(OC)c1OC. The van der Waals surface area contributed by atoms with Crippen molar-refractivity contribution in [3.05, 3.63) is 47.8 Å². The lowest BCUT2D eigenvalue weighted by atomic mass is 10.1. The predicted molar refractivity (Wildman–Crippen MR) is 95.1 cm³/mol. The van der Waals surface area contributed by atoms with Crippen LogP contribution < -0.4 is 14.2 Å². The number of hydrogen-bond acceptors (Lipinski definition) is 5. The first kappa shape index (κ1) is 18.6. The lowest BCUT2D eigenvalue weighted by Gasteiger charge is -2.18. The third kappa shape index (κ3) is 4.86. The minimum Gasteiger partial charge on any atom is -0.493 e. The van der Waals surface area contributed by atoms with Crippen LogP contribution in [0.15, 0.2) is 36.7 Å². The summed E-state index contributed by atoms with van der Waals surface area (Å²) in [6.45, 7) is 0.566. The Labute approximate surface area is 148 Å². The molecular formula is C19H24N2O4. The van der Waals surface area contributed by atoms with Gasteiger partial charge in [-0.05, 0) is 41.8 Å². The van der Waals surface area contributed by atoms with Crippen molar-refractivity contribution in [1.82, 2.24) is 9.88 Å². The maximum atomic E-state index is 12.4. The number of nitrogens with zero attached hydrogens (tertiary/aromatic N) is 2. The van der Waals surface area contributed by atoms with Crippen molar-refractivity contribution >= 4 is 5.91 Å². The number of methoxy groups -OCH3 is 3. The number of aryl methyl sites for hydroxylation is 1. The van der Waals surface area contributed by atoms with Crippen LogP contribution in [0.2, 0.25) is 0 Å². The highest BCUT2D eigenvalue weighted by atomic mass is 16.5. The molecule has 0 aliphatic carbocycles. The second kappa shape index (κ2) is 8.92. The van der Waals surface area contributed by atoms with E-state index in [9.17, 15) is 4.79 Å². The average Bonchev–Trinajstić information content (AvgIpc) is 2.65. The van der Waals surface area contributed by atoms with E-state index in [0.29, 0.717) is 36.6 Å². The number of carbonyl (C=O) groups is 1. The summed E-state index contributed by atoms with van der Waals surface area (Å²) in [4.78, 5) is 18.1. The van der Waals surface area contributed by atoms with Crippen LogP contribution in [0.5, 0.6) is 17.2 Å². The lowest BCUT2D eigenvalue weighted by Crippen LogP contribution is -2.26. The smallest absolute Gasteiger partial charge is 0.222 e. The Hall–Kier alpha value is -2.76. The lowest BCUT2D eigenvalue weighted by molar-refractivity contribution is -0.130. The molecule has 0 fully saturated rings. The van der Waals surface area contributed by atoms with Crippen molar-refractivity contribution in [3.8, 4) is 17.2 Å². The van der Waals surface area contributed by atoms with Gasteiger partial charge in [0.05, 0.1) is 21.3 Å². The molecule has 2 aromatic rings. The number of amides is 1. The Morgan fingerprint density at radius 3 is 2.12 bits per heavy atom. The summed E-state index contributed by atoms with van der Waals surface area (Å²) in [5.41, 5.74) is 2.01. The van der Waals surface area contributed by atoms with E-state index in [4.69, 9.17) is 14.2 Å². The molecule has 6 heteroatoms. The van der Waals surface area contributed by atoms with Gasteiger partial charge in [0.2, 0.25) is 11.7 Å². The molecule has 2 rings (SSSR count). The zero-order chi connectivity index (χ0) is 18.2. The molecule has 0 aliphatic rings. The maximum Gasteiger partial charge on any atom is 0.222 e. The monoisotopic (exact) mass is 344 g/mol. The number of carbonyl (C=O) groups excluding carboxylic acids is 1. The van der Waals surface area contributed by atoms with E-state index in [-0.39, 0.29) is 5.91 Å². The molecule has 0 spiro atoms. The van der Waals surface area contributed by atoms with Crippen LogP contribution in [-0.4, -0.2) is 44.2 Å². The fraction of sp³-hybridized carbons (Fsp3) is 0.368.